The summed E-state index contributed by atoms with van der Waals surface area (Å²) in [6.07, 6.45) is 4.12. The molecule has 0 bridgehead atoms. The average molecular weight is 455 g/mol. The first-order valence-electron chi connectivity index (χ1n) is 11.9. The van der Waals surface area contributed by atoms with Gasteiger partial charge in [-0.2, -0.15) is 0 Å². The maximum atomic E-state index is 13.3. The van der Waals surface area contributed by atoms with Crippen LogP contribution in [0.1, 0.15) is 50.7 Å². The third-order valence-electron chi connectivity index (χ3n) is 5.78. The summed E-state index contributed by atoms with van der Waals surface area (Å²) in [4.78, 5) is 28.0. The summed E-state index contributed by atoms with van der Waals surface area (Å²) >= 11 is 0. The van der Waals surface area contributed by atoms with Gasteiger partial charge in [0.1, 0.15) is 6.04 Å². The summed E-state index contributed by atoms with van der Waals surface area (Å²) in [5.41, 5.74) is 2.14. The molecule has 2 amide bonds. The highest BCUT2D eigenvalue weighted by Crippen LogP contribution is 2.28. The number of nitrogens with one attached hydrogen (secondary N) is 1. The van der Waals surface area contributed by atoms with Crippen molar-refractivity contribution in [3.05, 3.63) is 59.7 Å². The summed E-state index contributed by atoms with van der Waals surface area (Å²) < 4.78 is 10.7. The number of aryl methyl sites for hydroxylation is 1. The number of hydrogen-bond acceptors (Lipinski definition) is 4. The van der Waals surface area contributed by atoms with E-state index < -0.39 is 6.04 Å². The van der Waals surface area contributed by atoms with E-state index in [-0.39, 0.29) is 11.8 Å². The van der Waals surface area contributed by atoms with E-state index in [2.05, 4.69) is 24.4 Å². The van der Waals surface area contributed by atoms with Crippen molar-refractivity contribution in [3.8, 4) is 11.5 Å². The normalized spacial score (nSPS) is 11.5. The lowest BCUT2D eigenvalue weighted by molar-refractivity contribution is -0.140. The van der Waals surface area contributed by atoms with E-state index in [0.717, 1.165) is 24.0 Å². The molecule has 0 saturated heterocycles. The third-order valence-corrected chi connectivity index (χ3v) is 5.78. The van der Waals surface area contributed by atoms with Crippen LogP contribution in [0.5, 0.6) is 11.5 Å². The second-order valence-corrected chi connectivity index (χ2v) is 8.08. The largest absolute Gasteiger partial charge is 0.493 e. The number of methoxy groups -OCH3 is 2. The number of carbonyl (C=O) groups excluding carboxylic acids is 2. The molecule has 0 aliphatic carbocycles. The van der Waals surface area contributed by atoms with E-state index in [1.807, 2.05) is 43.3 Å². The second kappa shape index (κ2) is 14.2. The van der Waals surface area contributed by atoms with E-state index in [1.165, 1.54) is 0 Å². The van der Waals surface area contributed by atoms with Gasteiger partial charge in [-0.3, -0.25) is 9.59 Å². The number of rotatable bonds is 14. The molecule has 0 saturated carbocycles. The van der Waals surface area contributed by atoms with E-state index >= 15 is 0 Å². The van der Waals surface area contributed by atoms with Crippen molar-refractivity contribution in [2.24, 2.45) is 0 Å². The number of ether oxygens (including phenoxy) is 2. The lowest BCUT2D eigenvalue weighted by atomic mass is 10.1. The zero-order valence-electron chi connectivity index (χ0n) is 20.4. The van der Waals surface area contributed by atoms with Crippen LogP contribution in [0, 0.1) is 0 Å². The minimum absolute atomic E-state index is 0.0155. The van der Waals surface area contributed by atoms with Crippen LogP contribution in [-0.2, 0) is 22.4 Å². The molecule has 1 atom stereocenters. The molecule has 1 N–H and O–H groups in total. The van der Waals surface area contributed by atoms with Gasteiger partial charge in [-0.25, -0.2) is 0 Å². The molecule has 0 unspecified atom stereocenters. The molecule has 0 fully saturated rings. The molecule has 0 aromatic heterocycles. The minimum Gasteiger partial charge on any atom is -0.493 e. The fourth-order valence-corrected chi connectivity index (χ4v) is 3.83. The first kappa shape index (κ1) is 26.2. The highest BCUT2D eigenvalue weighted by molar-refractivity contribution is 5.87. The molecular weight excluding hydrogens is 416 g/mol. The molecule has 0 heterocycles. The third kappa shape index (κ3) is 8.12. The molecule has 6 heteroatoms. The van der Waals surface area contributed by atoms with Crippen molar-refractivity contribution in [1.82, 2.24) is 10.2 Å². The van der Waals surface area contributed by atoms with Gasteiger partial charge < -0.3 is 19.7 Å². The number of hydrogen-bond donors (Lipinski definition) is 1. The monoisotopic (exact) mass is 454 g/mol. The molecule has 0 spiro atoms. The van der Waals surface area contributed by atoms with Crippen molar-refractivity contribution in [3.63, 3.8) is 0 Å². The Kier molecular flexibility index (Phi) is 11.3. The Bertz CT molecular complexity index is 870. The van der Waals surface area contributed by atoms with Gasteiger partial charge in [0, 0.05) is 19.5 Å². The summed E-state index contributed by atoms with van der Waals surface area (Å²) in [5, 5.41) is 3.01. The van der Waals surface area contributed by atoms with Crippen LogP contribution in [0.15, 0.2) is 48.5 Å². The Morgan fingerprint density at radius 2 is 1.67 bits per heavy atom. The Hall–Kier alpha value is -3.02. The van der Waals surface area contributed by atoms with Gasteiger partial charge >= 0.3 is 0 Å². The Balaban J connectivity index is 2.12. The van der Waals surface area contributed by atoms with Crippen LogP contribution >= 0.6 is 0 Å². The van der Waals surface area contributed by atoms with Crippen LogP contribution in [-0.4, -0.2) is 50.1 Å². The van der Waals surface area contributed by atoms with Crippen molar-refractivity contribution in [2.75, 3.05) is 27.3 Å². The lowest BCUT2D eigenvalue weighted by Crippen LogP contribution is -2.50. The minimum atomic E-state index is -0.469. The first-order chi connectivity index (χ1) is 16.0. The predicted octanol–water partition coefficient (Wildman–Crippen LogP) is 4.40. The van der Waals surface area contributed by atoms with Gasteiger partial charge in [0.15, 0.2) is 11.5 Å². The smallest absolute Gasteiger partial charge is 0.242 e. The van der Waals surface area contributed by atoms with Crippen LogP contribution in [0.4, 0.5) is 0 Å². The summed E-state index contributed by atoms with van der Waals surface area (Å²) in [6, 6.07) is 15.3. The van der Waals surface area contributed by atoms with Gasteiger partial charge in [0.2, 0.25) is 11.8 Å². The SMILES string of the molecule is CCCCNC(=O)[C@H](CC)N(CCc1ccccc1)C(=O)CCc1ccc(OC)c(OC)c1. The van der Waals surface area contributed by atoms with Gasteiger partial charge in [0.25, 0.3) is 0 Å². The van der Waals surface area contributed by atoms with Crippen LogP contribution in [0.25, 0.3) is 0 Å². The lowest BCUT2D eigenvalue weighted by Gasteiger charge is -2.31. The number of benzene rings is 2. The fraction of sp³-hybridized carbons (Fsp3) is 0.481. The highest BCUT2D eigenvalue weighted by atomic mass is 16.5. The molecule has 2 aromatic rings. The van der Waals surface area contributed by atoms with Gasteiger partial charge in [-0.1, -0.05) is 56.7 Å². The molecule has 180 valence electrons. The Morgan fingerprint density at radius 1 is 0.939 bits per heavy atom. The number of nitrogens with zero attached hydrogens (tertiary/aromatic N) is 1. The van der Waals surface area contributed by atoms with Gasteiger partial charge in [-0.05, 0) is 48.9 Å². The van der Waals surface area contributed by atoms with Gasteiger partial charge in [-0.15, -0.1) is 0 Å². The van der Waals surface area contributed by atoms with E-state index in [4.69, 9.17) is 9.47 Å². The Labute approximate surface area is 198 Å². The molecule has 0 aliphatic rings. The van der Waals surface area contributed by atoms with Gasteiger partial charge in [0.05, 0.1) is 14.2 Å². The molecule has 2 aromatic carbocycles. The molecule has 0 aliphatic heterocycles. The quantitative estimate of drug-likeness (QED) is 0.430. The molecule has 33 heavy (non-hydrogen) atoms. The van der Waals surface area contributed by atoms with E-state index in [1.54, 1.807) is 19.1 Å². The van der Waals surface area contributed by atoms with Crippen molar-refractivity contribution in [1.29, 1.82) is 0 Å². The summed E-state index contributed by atoms with van der Waals surface area (Å²) in [6.45, 7) is 5.20. The number of amides is 2. The van der Waals surface area contributed by atoms with E-state index in [0.29, 0.717) is 50.3 Å². The van der Waals surface area contributed by atoms with E-state index in [9.17, 15) is 9.59 Å². The molecule has 2 rings (SSSR count). The zero-order chi connectivity index (χ0) is 24.1. The molecular formula is C27H38N2O4. The number of carbonyl (C=O) groups is 2. The second-order valence-electron chi connectivity index (χ2n) is 8.08. The average Bonchev–Trinajstić information content (AvgIpc) is 2.85. The van der Waals surface area contributed by atoms with Crippen LogP contribution in [0.3, 0.4) is 0 Å². The van der Waals surface area contributed by atoms with Crippen LogP contribution in [0.2, 0.25) is 0 Å². The standard InChI is InChI=1S/C27H38N2O4/c1-5-7-18-28-27(31)23(6-2)29(19-17-21-11-9-8-10-12-21)26(30)16-14-22-13-15-24(32-3)25(20-22)33-4/h8-13,15,20,23H,5-7,14,16-19H2,1-4H3,(H,28,31)/t23-/m0/s1. The first-order valence-corrected chi connectivity index (χ1v) is 11.9. The molecule has 0 radical (unpaired) electrons. The summed E-state index contributed by atoms with van der Waals surface area (Å²) in [5.74, 6) is 1.22. The Morgan fingerprint density at radius 3 is 2.30 bits per heavy atom. The van der Waals surface area contributed by atoms with Crippen molar-refractivity contribution < 1.29 is 19.1 Å². The zero-order valence-corrected chi connectivity index (χ0v) is 20.4. The summed E-state index contributed by atoms with van der Waals surface area (Å²) in [7, 11) is 3.20. The van der Waals surface area contributed by atoms with Crippen molar-refractivity contribution >= 4 is 11.8 Å². The maximum Gasteiger partial charge on any atom is 0.242 e. The van der Waals surface area contributed by atoms with Crippen molar-refractivity contribution in [2.45, 2.75) is 58.4 Å². The van der Waals surface area contributed by atoms with Crippen LogP contribution < -0.4 is 14.8 Å². The topological polar surface area (TPSA) is 67.9 Å². The molecule has 6 nitrogen and oxygen atoms in total. The predicted molar refractivity (Wildman–Crippen MR) is 132 cm³/mol. The maximum absolute atomic E-state index is 13.3. The highest BCUT2D eigenvalue weighted by Gasteiger charge is 2.27. The fourth-order valence-electron chi connectivity index (χ4n) is 3.83. The number of unbranched alkanes of at least 4 members (excludes halogenated alkanes) is 1.